The number of benzene rings is 1. The summed E-state index contributed by atoms with van der Waals surface area (Å²) in [5.74, 6) is 0.811. The molecule has 6 nitrogen and oxygen atoms in total. The molecule has 0 aliphatic carbocycles. The molecule has 24 heavy (non-hydrogen) atoms. The molecule has 0 aliphatic heterocycles. The smallest absolute Gasteiger partial charge is 0.251 e. The van der Waals surface area contributed by atoms with E-state index in [1.807, 2.05) is 0 Å². The summed E-state index contributed by atoms with van der Waals surface area (Å²) in [7, 11) is 0. The lowest BCUT2D eigenvalue weighted by atomic mass is 10.2. The third kappa shape index (κ3) is 4.11. The Balaban J connectivity index is 1.46. The maximum absolute atomic E-state index is 11.9. The molecule has 0 atom stereocenters. The van der Waals surface area contributed by atoms with Gasteiger partial charge in [0.25, 0.3) is 5.91 Å². The lowest BCUT2D eigenvalue weighted by molar-refractivity contribution is 0.0946. The number of carbonyl (C=O) groups excluding carboxylic acids is 1. The minimum Gasteiger partial charge on any atom is -0.475 e. The number of nitrogens with one attached hydrogen (secondary N) is 1. The lowest BCUT2D eigenvalue weighted by Crippen LogP contribution is -2.28. The molecule has 2 aromatic heterocycles. The van der Waals surface area contributed by atoms with E-state index in [0.29, 0.717) is 34.5 Å². The molecule has 1 aromatic carbocycles. The van der Waals surface area contributed by atoms with Gasteiger partial charge in [-0.25, -0.2) is 0 Å². The number of halogens is 1. The number of nitrogens with zero attached hydrogens (tertiary/aromatic N) is 2. The van der Waals surface area contributed by atoms with E-state index in [0.717, 1.165) is 0 Å². The van der Waals surface area contributed by atoms with E-state index >= 15 is 0 Å². The van der Waals surface area contributed by atoms with Gasteiger partial charge in [0.15, 0.2) is 5.76 Å². The number of rotatable bonds is 6. The molecule has 2 heterocycles. The molecule has 0 saturated carbocycles. The Hall–Kier alpha value is -2.86. The number of furan rings is 1. The summed E-state index contributed by atoms with van der Waals surface area (Å²) < 4.78 is 10.7. The molecular formula is C17H14ClN3O3. The summed E-state index contributed by atoms with van der Waals surface area (Å²) in [6.45, 7) is 0.619. The Morgan fingerprint density at radius 3 is 2.79 bits per heavy atom. The molecule has 0 saturated heterocycles. The van der Waals surface area contributed by atoms with Crippen LogP contribution in [0.15, 0.2) is 59.2 Å². The number of hydrogen-bond acceptors (Lipinski definition) is 5. The van der Waals surface area contributed by atoms with Crippen LogP contribution in [0.1, 0.15) is 10.4 Å². The van der Waals surface area contributed by atoms with Gasteiger partial charge in [0.1, 0.15) is 12.3 Å². The van der Waals surface area contributed by atoms with Crippen molar-refractivity contribution in [2.75, 3.05) is 13.2 Å². The third-order valence-electron chi connectivity index (χ3n) is 3.14. The lowest BCUT2D eigenvalue weighted by Gasteiger charge is -2.07. The molecule has 0 spiro atoms. The molecule has 0 radical (unpaired) electrons. The number of hydrogen-bond donors (Lipinski definition) is 1. The van der Waals surface area contributed by atoms with Crippen LogP contribution in [0.4, 0.5) is 0 Å². The van der Waals surface area contributed by atoms with E-state index in [9.17, 15) is 4.79 Å². The van der Waals surface area contributed by atoms with E-state index in [2.05, 4.69) is 15.5 Å². The van der Waals surface area contributed by atoms with Crippen molar-refractivity contribution in [3.63, 3.8) is 0 Å². The van der Waals surface area contributed by atoms with E-state index in [4.69, 9.17) is 20.8 Å². The van der Waals surface area contributed by atoms with Gasteiger partial charge in [-0.1, -0.05) is 17.7 Å². The first-order valence-corrected chi connectivity index (χ1v) is 7.64. The van der Waals surface area contributed by atoms with Crippen LogP contribution in [-0.2, 0) is 0 Å². The molecule has 122 valence electrons. The molecule has 3 rings (SSSR count). The van der Waals surface area contributed by atoms with Crippen LogP contribution in [0.5, 0.6) is 5.88 Å². The first-order valence-electron chi connectivity index (χ1n) is 7.26. The predicted molar refractivity (Wildman–Crippen MR) is 89.0 cm³/mol. The fourth-order valence-electron chi connectivity index (χ4n) is 2.00. The van der Waals surface area contributed by atoms with Gasteiger partial charge in [-0.15, -0.1) is 10.2 Å². The monoisotopic (exact) mass is 343 g/mol. The maximum atomic E-state index is 11.9. The summed E-state index contributed by atoms with van der Waals surface area (Å²) in [6.07, 6.45) is 1.57. The Kier molecular flexibility index (Phi) is 5.08. The second kappa shape index (κ2) is 7.61. The first-order chi connectivity index (χ1) is 11.7. The molecule has 0 bridgehead atoms. The zero-order valence-electron chi connectivity index (χ0n) is 12.6. The SMILES string of the molecule is O=C(NCCOc1ccc(-c2ccco2)nn1)c1cccc(Cl)c1. The minimum absolute atomic E-state index is 0.208. The molecule has 1 amide bonds. The van der Waals surface area contributed by atoms with Gasteiger partial charge in [0.05, 0.1) is 12.8 Å². The Bertz CT molecular complexity index is 804. The van der Waals surface area contributed by atoms with Crippen molar-refractivity contribution in [2.24, 2.45) is 0 Å². The van der Waals surface area contributed by atoms with Crippen molar-refractivity contribution in [1.29, 1.82) is 0 Å². The molecule has 0 aliphatic rings. The van der Waals surface area contributed by atoms with Crippen molar-refractivity contribution in [1.82, 2.24) is 15.5 Å². The van der Waals surface area contributed by atoms with Crippen molar-refractivity contribution in [2.45, 2.75) is 0 Å². The fourth-order valence-corrected chi connectivity index (χ4v) is 2.19. The van der Waals surface area contributed by atoms with Gasteiger partial charge < -0.3 is 14.5 Å². The van der Waals surface area contributed by atoms with E-state index in [1.165, 1.54) is 0 Å². The van der Waals surface area contributed by atoms with Crippen LogP contribution in [0, 0.1) is 0 Å². The van der Waals surface area contributed by atoms with Gasteiger partial charge in [-0.05, 0) is 36.4 Å². The number of aromatic nitrogens is 2. The van der Waals surface area contributed by atoms with Crippen LogP contribution >= 0.6 is 11.6 Å². The normalized spacial score (nSPS) is 10.4. The van der Waals surface area contributed by atoms with Gasteiger partial charge in [0, 0.05) is 16.7 Å². The maximum Gasteiger partial charge on any atom is 0.251 e. The number of ether oxygens (including phenoxy) is 1. The highest BCUT2D eigenvalue weighted by Crippen LogP contribution is 2.17. The van der Waals surface area contributed by atoms with Crippen LogP contribution in [0.3, 0.4) is 0 Å². The zero-order valence-corrected chi connectivity index (χ0v) is 13.4. The highest BCUT2D eigenvalue weighted by atomic mass is 35.5. The van der Waals surface area contributed by atoms with Gasteiger partial charge in [0.2, 0.25) is 5.88 Å². The van der Waals surface area contributed by atoms with E-state index in [-0.39, 0.29) is 12.5 Å². The first kappa shape index (κ1) is 16.0. The van der Waals surface area contributed by atoms with Gasteiger partial charge in [-0.2, -0.15) is 0 Å². The van der Waals surface area contributed by atoms with E-state index in [1.54, 1.807) is 54.8 Å². The van der Waals surface area contributed by atoms with E-state index < -0.39 is 0 Å². The minimum atomic E-state index is -0.208. The van der Waals surface area contributed by atoms with Gasteiger partial charge >= 0.3 is 0 Å². The highest BCUT2D eigenvalue weighted by Gasteiger charge is 2.06. The Morgan fingerprint density at radius 2 is 2.08 bits per heavy atom. The topological polar surface area (TPSA) is 77.2 Å². The van der Waals surface area contributed by atoms with Crippen LogP contribution in [0.2, 0.25) is 5.02 Å². The second-order valence-electron chi connectivity index (χ2n) is 4.85. The Labute approximate surface area is 143 Å². The fraction of sp³-hybridized carbons (Fsp3) is 0.118. The van der Waals surface area contributed by atoms with Crippen molar-refractivity contribution in [3.05, 3.63) is 65.4 Å². The van der Waals surface area contributed by atoms with Crippen molar-refractivity contribution >= 4 is 17.5 Å². The summed E-state index contributed by atoms with van der Waals surface area (Å²) in [5.41, 5.74) is 1.13. The molecule has 7 heteroatoms. The van der Waals surface area contributed by atoms with Crippen molar-refractivity contribution in [3.8, 4) is 17.3 Å². The average molecular weight is 344 g/mol. The zero-order chi connectivity index (χ0) is 16.8. The largest absolute Gasteiger partial charge is 0.475 e. The van der Waals surface area contributed by atoms with Crippen molar-refractivity contribution < 1.29 is 13.9 Å². The predicted octanol–water partition coefficient (Wildman–Crippen LogP) is 3.20. The van der Waals surface area contributed by atoms with Crippen LogP contribution in [-0.4, -0.2) is 29.3 Å². The van der Waals surface area contributed by atoms with Crippen LogP contribution < -0.4 is 10.1 Å². The molecule has 3 aromatic rings. The standard InChI is InChI=1S/C17H14ClN3O3/c18-13-4-1-3-12(11-13)17(22)19-8-10-24-16-7-6-14(20-21-16)15-5-2-9-23-15/h1-7,9,11H,8,10H2,(H,19,22). The Morgan fingerprint density at radius 1 is 1.17 bits per heavy atom. The van der Waals surface area contributed by atoms with Gasteiger partial charge in [-0.3, -0.25) is 4.79 Å². The molecule has 0 fully saturated rings. The summed E-state index contributed by atoms with van der Waals surface area (Å²) >= 11 is 5.85. The van der Waals surface area contributed by atoms with Crippen LogP contribution in [0.25, 0.3) is 11.5 Å². The number of carbonyl (C=O) groups is 1. The molecular weight excluding hydrogens is 330 g/mol. The summed E-state index contributed by atoms with van der Waals surface area (Å²) in [6, 6.07) is 13.8. The highest BCUT2D eigenvalue weighted by molar-refractivity contribution is 6.30. The molecule has 1 N–H and O–H groups in total. The quantitative estimate of drug-likeness (QED) is 0.695. The molecule has 0 unspecified atom stereocenters. The summed E-state index contributed by atoms with van der Waals surface area (Å²) in [4.78, 5) is 11.9. The number of amides is 1. The third-order valence-corrected chi connectivity index (χ3v) is 3.37. The summed E-state index contributed by atoms with van der Waals surface area (Å²) in [5, 5.41) is 11.2. The average Bonchev–Trinajstić information content (AvgIpc) is 3.14. The second-order valence-corrected chi connectivity index (χ2v) is 5.29.